The average molecular weight is 1080 g/mol. The number of ether oxygens (including phenoxy) is 1. The molecule has 6 nitrogen and oxygen atoms in total. The third kappa shape index (κ3) is 63.1. The Morgan fingerprint density at radius 2 is 0.649 bits per heavy atom. The number of rotatable bonds is 65. The van der Waals surface area contributed by atoms with Crippen LogP contribution < -0.4 is 5.32 Å². The lowest BCUT2D eigenvalue weighted by atomic mass is 10.0. The van der Waals surface area contributed by atoms with Gasteiger partial charge in [0, 0.05) is 12.8 Å². The van der Waals surface area contributed by atoms with E-state index in [9.17, 15) is 19.8 Å². The lowest BCUT2D eigenvalue weighted by Gasteiger charge is -2.20. The van der Waals surface area contributed by atoms with E-state index in [4.69, 9.17) is 4.74 Å². The zero-order valence-electron chi connectivity index (χ0n) is 52.0. The van der Waals surface area contributed by atoms with Crippen LogP contribution in [-0.4, -0.2) is 47.4 Å². The van der Waals surface area contributed by atoms with E-state index < -0.39 is 12.1 Å². The van der Waals surface area contributed by atoms with E-state index in [1.807, 2.05) is 6.08 Å². The Morgan fingerprint density at radius 1 is 0.364 bits per heavy atom. The molecule has 1 amide bonds. The molecule has 0 saturated heterocycles. The van der Waals surface area contributed by atoms with E-state index in [0.717, 1.165) is 44.9 Å². The number of hydrogen-bond acceptors (Lipinski definition) is 5. The van der Waals surface area contributed by atoms with Crippen molar-refractivity contribution >= 4 is 11.9 Å². The minimum atomic E-state index is -0.841. The Morgan fingerprint density at radius 3 is 0.987 bits per heavy atom. The predicted octanol–water partition coefficient (Wildman–Crippen LogP) is 22.3. The molecule has 454 valence electrons. The highest BCUT2D eigenvalue weighted by molar-refractivity contribution is 5.76. The van der Waals surface area contributed by atoms with Crippen LogP contribution in [0.5, 0.6) is 0 Å². The van der Waals surface area contributed by atoms with E-state index in [1.165, 1.54) is 308 Å². The Labute approximate surface area is 481 Å². The van der Waals surface area contributed by atoms with Crippen LogP contribution in [0.25, 0.3) is 0 Å². The van der Waals surface area contributed by atoms with Gasteiger partial charge in [-0.15, -0.1) is 0 Å². The molecule has 0 aromatic carbocycles. The van der Waals surface area contributed by atoms with Crippen molar-refractivity contribution in [2.75, 3.05) is 13.2 Å². The topological polar surface area (TPSA) is 95.9 Å². The summed E-state index contributed by atoms with van der Waals surface area (Å²) in [7, 11) is 0. The first-order valence-corrected chi connectivity index (χ1v) is 34.8. The van der Waals surface area contributed by atoms with Crippen molar-refractivity contribution in [2.45, 2.75) is 392 Å². The molecular formula is C71H135NO5. The van der Waals surface area contributed by atoms with E-state index in [-0.39, 0.29) is 18.5 Å². The van der Waals surface area contributed by atoms with Gasteiger partial charge in [-0.1, -0.05) is 339 Å². The first-order chi connectivity index (χ1) is 38.0. The summed E-state index contributed by atoms with van der Waals surface area (Å²) < 4.78 is 5.51. The summed E-state index contributed by atoms with van der Waals surface area (Å²) in [6.45, 7) is 4.90. The molecule has 0 saturated carbocycles. The lowest BCUT2D eigenvalue weighted by molar-refractivity contribution is -0.143. The van der Waals surface area contributed by atoms with Crippen molar-refractivity contribution in [3.05, 3.63) is 36.5 Å². The van der Waals surface area contributed by atoms with Crippen molar-refractivity contribution in [1.29, 1.82) is 0 Å². The Hall–Kier alpha value is -1.92. The number of aliphatic hydroxyl groups excluding tert-OH is 2. The van der Waals surface area contributed by atoms with Gasteiger partial charge in [-0.05, 0) is 64.2 Å². The quantitative estimate of drug-likeness (QED) is 0.0320. The smallest absolute Gasteiger partial charge is 0.305 e. The predicted molar refractivity (Wildman–Crippen MR) is 338 cm³/mol. The summed E-state index contributed by atoms with van der Waals surface area (Å²) in [6, 6.07) is -0.624. The molecule has 77 heavy (non-hydrogen) atoms. The second-order valence-corrected chi connectivity index (χ2v) is 23.9. The largest absolute Gasteiger partial charge is 0.466 e. The minimum Gasteiger partial charge on any atom is -0.466 e. The highest BCUT2D eigenvalue weighted by atomic mass is 16.5. The van der Waals surface area contributed by atoms with Crippen molar-refractivity contribution in [1.82, 2.24) is 5.32 Å². The number of allylic oxidation sites excluding steroid dienone is 5. The molecule has 2 unspecified atom stereocenters. The monoisotopic (exact) mass is 1080 g/mol. The van der Waals surface area contributed by atoms with Gasteiger partial charge in [0.15, 0.2) is 0 Å². The number of amides is 1. The fraction of sp³-hybridized carbons (Fsp3) is 0.887. The summed E-state index contributed by atoms with van der Waals surface area (Å²) in [5, 5.41) is 23.0. The normalized spacial score (nSPS) is 12.7. The van der Waals surface area contributed by atoms with Crippen LogP contribution >= 0.6 is 0 Å². The first-order valence-electron chi connectivity index (χ1n) is 34.8. The molecule has 0 aliphatic heterocycles. The van der Waals surface area contributed by atoms with Crippen molar-refractivity contribution < 1.29 is 24.5 Å². The van der Waals surface area contributed by atoms with E-state index in [1.54, 1.807) is 6.08 Å². The first kappa shape index (κ1) is 75.1. The van der Waals surface area contributed by atoms with Crippen LogP contribution in [0, 0.1) is 0 Å². The van der Waals surface area contributed by atoms with Crippen LogP contribution in [0.2, 0.25) is 0 Å². The molecule has 0 spiro atoms. The molecule has 0 radical (unpaired) electrons. The van der Waals surface area contributed by atoms with Gasteiger partial charge >= 0.3 is 5.97 Å². The van der Waals surface area contributed by atoms with Crippen molar-refractivity contribution in [3.8, 4) is 0 Å². The standard InChI is InChI=1S/C71H135NO5/c1-3-5-7-9-11-13-14-15-16-17-36-39-42-45-49-53-57-61-65-71(76)77-66-62-58-54-50-46-43-40-37-34-32-30-28-26-24-22-20-18-19-21-23-25-27-29-31-33-35-38-41-44-48-52-56-60-64-70(75)72-68(67-73)69(74)63-59-55-51-47-12-10-8-6-4-2/h22,24,28,30,59,63,68-69,73-74H,3-21,23,25-27,29,31-58,60-62,64-67H2,1-2H3,(H,72,75)/b24-22-,30-28-,63-59+. The Balaban J connectivity index is 3.34. The van der Waals surface area contributed by atoms with Gasteiger partial charge in [0.25, 0.3) is 0 Å². The third-order valence-electron chi connectivity index (χ3n) is 16.2. The van der Waals surface area contributed by atoms with Gasteiger partial charge in [-0.3, -0.25) is 9.59 Å². The number of unbranched alkanes of at least 4 members (excludes halogenated alkanes) is 50. The minimum absolute atomic E-state index is 0.0186. The van der Waals surface area contributed by atoms with Crippen molar-refractivity contribution in [3.63, 3.8) is 0 Å². The summed E-state index contributed by atoms with van der Waals surface area (Å²) in [5.41, 5.74) is 0. The molecule has 6 heteroatoms. The summed E-state index contributed by atoms with van der Waals surface area (Å²) in [4.78, 5) is 24.5. The molecule has 0 rings (SSSR count). The van der Waals surface area contributed by atoms with Crippen LogP contribution in [0.4, 0.5) is 0 Å². The highest BCUT2D eigenvalue weighted by Gasteiger charge is 2.18. The second-order valence-electron chi connectivity index (χ2n) is 23.9. The molecule has 3 N–H and O–H groups in total. The van der Waals surface area contributed by atoms with Gasteiger partial charge < -0.3 is 20.3 Å². The third-order valence-corrected chi connectivity index (χ3v) is 16.2. The number of carbonyl (C=O) groups is 2. The van der Waals surface area contributed by atoms with Crippen LogP contribution in [-0.2, 0) is 14.3 Å². The number of nitrogens with one attached hydrogen (secondary N) is 1. The SMILES string of the molecule is CCCCCCCCC/C=C/C(O)C(CO)NC(=O)CCCCCCCCCCCCCCCCCCC/C=C\C/C=C\CCCCCCCCCCCOC(=O)CCCCCCCCCCCCCCCCCCCC. The van der Waals surface area contributed by atoms with E-state index in [2.05, 4.69) is 43.5 Å². The fourth-order valence-electron chi connectivity index (χ4n) is 10.8. The molecular weight excluding hydrogens is 947 g/mol. The number of hydrogen-bond donors (Lipinski definition) is 3. The molecule has 0 aromatic heterocycles. The maximum atomic E-state index is 12.4. The van der Waals surface area contributed by atoms with Crippen LogP contribution in [0.3, 0.4) is 0 Å². The highest BCUT2D eigenvalue weighted by Crippen LogP contribution is 2.18. The van der Waals surface area contributed by atoms with Gasteiger partial charge in [-0.2, -0.15) is 0 Å². The lowest BCUT2D eigenvalue weighted by Crippen LogP contribution is -2.45. The van der Waals surface area contributed by atoms with Gasteiger partial charge in [-0.25, -0.2) is 0 Å². The number of aliphatic hydroxyl groups is 2. The average Bonchev–Trinajstić information content (AvgIpc) is 3.43. The van der Waals surface area contributed by atoms with Gasteiger partial charge in [0.1, 0.15) is 0 Å². The zero-order chi connectivity index (χ0) is 55.7. The van der Waals surface area contributed by atoms with E-state index in [0.29, 0.717) is 19.4 Å². The number of esters is 1. The molecule has 2 atom stereocenters. The van der Waals surface area contributed by atoms with E-state index >= 15 is 0 Å². The maximum absolute atomic E-state index is 12.4. The zero-order valence-corrected chi connectivity index (χ0v) is 52.0. The van der Waals surface area contributed by atoms with Gasteiger partial charge in [0.05, 0.1) is 25.4 Å². The summed E-state index contributed by atoms with van der Waals surface area (Å²) in [6.07, 6.45) is 85.3. The van der Waals surface area contributed by atoms with Crippen LogP contribution in [0.1, 0.15) is 380 Å². The van der Waals surface area contributed by atoms with Crippen LogP contribution in [0.15, 0.2) is 36.5 Å². The fourth-order valence-corrected chi connectivity index (χ4v) is 10.8. The Bertz CT molecular complexity index is 1250. The molecule has 0 aliphatic rings. The molecule has 0 aromatic rings. The second kappa shape index (κ2) is 66.6. The maximum Gasteiger partial charge on any atom is 0.305 e. The number of carbonyl (C=O) groups excluding carboxylic acids is 2. The summed E-state index contributed by atoms with van der Waals surface area (Å²) >= 11 is 0. The summed E-state index contributed by atoms with van der Waals surface area (Å²) in [5.74, 6) is -0.0492. The Kier molecular flexibility index (Phi) is 64.9. The molecule has 0 bridgehead atoms. The van der Waals surface area contributed by atoms with Crippen molar-refractivity contribution in [2.24, 2.45) is 0 Å². The molecule has 0 heterocycles. The molecule has 0 aliphatic carbocycles. The molecule has 0 fully saturated rings. The van der Waals surface area contributed by atoms with Gasteiger partial charge in [0.2, 0.25) is 5.91 Å².